The van der Waals surface area contributed by atoms with Gasteiger partial charge < -0.3 is 16.8 Å². The standard InChI is InChI=1S/C11H22N4/c1-8(2)15-7-10(5-12)11(13)9(3)6-14-4/h6-8,15H,5,12-13H2,1-4H3/b10-7+,11-9-,14-6-. The average molecular weight is 210 g/mol. The maximum atomic E-state index is 5.94. The number of nitrogens with zero attached hydrogens (tertiary/aromatic N) is 1. The lowest BCUT2D eigenvalue weighted by molar-refractivity contribution is 0.697. The van der Waals surface area contributed by atoms with Crippen LogP contribution in [-0.2, 0) is 0 Å². The molecule has 0 saturated carbocycles. The molecule has 0 fully saturated rings. The van der Waals surface area contributed by atoms with Crippen molar-refractivity contribution in [3.8, 4) is 0 Å². The lowest BCUT2D eigenvalue weighted by atomic mass is 10.1. The largest absolute Gasteiger partial charge is 0.398 e. The molecule has 0 radical (unpaired) electrons. The number of hydrogen-bond acceptors (Lipinski definition) is 4. The quantitative estimate of drug-likeness (QED) is 0.463. The van der Waals surface area contributed by atoms with Crippen molar-refractivity contribution in [1.82, 2.24) is 5.32 Å². The van der Waals surface area contributed by atoms with E-state index in [1.54, 1.807) is 13.3 Å². The molecule has 0 aromatic heterocycles. The fourth-order valence-electron chi connectivity index (χ4n) is 1.03. The third kappa shape index (κ3) is 5.22. The van der Waals surface area contributed by atoms with Crippen LogP contribution in [0.25, 0.3) is 0 Å². The Kier molecular flexibility index (Phi) is 6.45. The van der Waals surface area contributed by atoms with Crippen LogP contribution >= 0.6 is 0 Å². The molecule has 0 aliphatic carbocycles. The minimum absolute atomic E-state index is 0.375. The summed E-state index contributed by atoms with van der Waals surface area (Å²) in [5, 5.41) is 3.17. The molecule has 0 aromatic rings. The third-order valence-corrected chi connectivity index (χ3v) is 1.90. The van der Waals surface area contributed by atoms with Crippen molar-refractivity contribution in [3.63, 3.8) is 0 Å². The van der Waals surface area contributed by atoms with Crippen molar-refractivity contribution in [3.05, 3.63) is 23.0 Å². The fourth-order valence-corrected chi connectivity index (χ4v) is 1.03. The summed E-state index contributed by atoms with van der Waals surface area (Å²) in [6.07, 6.45) is 3.60. The summed E-state index contributed by atoms with van der Waals surface area (Å²) >= 11 is 0. The average Bonchev–Trinajstić information content (AvgIpc) is 2.18. The Labute approximate surface area is 92.1 Å². The van der Waals surface area contributed by atoms with Crippen LogP contribution in [0.3, 0.4) is 0 Å². The summed E-state index contributed by atoms with van der Waals surface area (Å²) < 4.78 is 0. The van der Waals surface area contributed by atoms with Crippen LogP contribution in [0.2, 0.25) is 0 Å². The first-order valence-corrected chi connectivity index (χ1v) is 5.07. The maximum Gasteiger partial charge on any atom is 0.0419 e. The Balaban J connectivity index is 4.81. The van der Waals surface area contributed by atoms with Gasteiger partial charge in [-0.25, -0.2) is 0 Å². The van der Waals surface area contributed by atoms with Gasteiger partial charge in [-0.15, -0.1) is 0 Å². The van der Waals surface area contributed by atoms with E-state index < -0.39 is 0 Å². The predicted molar refractivity (Wildman–Crippen MR) is 66.7 cm³/mol. The summed E-state index contributed by atoms with van der Waals surface area (Å²) in [7, 11) is 1.72. The molecule has 0 aromatic carbocycles. The summed E-state index contributed by atoms with van der Waals surface area (Å²) in [5.41, 5.74) is 14.1. The van der Waals surface area contributed by atoms with Gasteiger partial charge in [0.05, 0.1) is 0 Å². The lowest BCUT2D eigenvalue weighted by Gasteiger charge is -2.10. The molecule has 0 unspecified atom stereocenters. The third-order valence-electron chi connectivity index (χ3n) is 1.90. The van der Waals surface area contributed by atoms with Crippen molar-refractivity contribution >= 4 is 6.21 Å². The number of rotatable bonds is 5. The van der Waals surface area contributed by atoms with Gasteiger partial charge in [0, 0.05) is 43.3 Å². The predicted octanol–water partition coefficient (Wildman–Crippen LogP) is 0.760. The molecule has 4 nitrogen and oxygen atoms in total. The van der Waals surface area contributed by atoms with E-state index in [1.165, 1.54) is 0 Å². The van der Waals surface area contributed by atoms with Crippen molar-refractivity contribution in [1.29, 1.82) is 0 Å². The Morgan fingerprint density at radius 3 is 2.47 bits per heavy atom. The molecule has 0 rings (SSSR count). The molecule has 0 aliphatic heterocycles. The number of aliphatic imine (C=N–C) groups is 1. The molecular formula is C11H22N4. The van der Waals surface area contributed by atoms with E-state index in [0.29, 0.717) is 18.3 Å². The second-order valence-electron chi connectivity index (χ2n) is 3.68. The second-order valence-corrected chi connectivity index (χ2v) is 3.68. The number of nitrogens with one attached hydrogen (secondary N) is 1. The SMILES string of the molecule is C\N=C/C(C)=C(N)/C(=C/NC(C)C)CN. The van der Waals surface area contributed by atoms with Crippen LogP contribution in [0.4, 0.5) is 0 Å². The van der Waals surface area contributed by atoms with Gasteiger partial charge in [0.15, 0.2) is 0 Å². The molecule has 15 heavy (non-hydrogen) atoms. The van der Waals surface area contributed by atoms with Gasteiger partial charge in [-0.2, -0.15) is 0 Å². The smallest absolute Gasteiger partial charge is 0.0419 e. The van der Waals surface area contributed by atoms with Crippen molar-refractivity contribution in [2.75, 3.05) is 13.6 Å². The molecule has 0 saturated heterocycles. The molecule has 0 bridgehead atoms. The van der Waals surface area contributed by atoms with Gasteiger partial charge in [-0.1, -0.05) is 0 Å². The van der Waals surface area contributed by atoms with Crippen LogP contribution in [-0.4, -0.2) is 25.8 Å². The van der Waals surface area contributed by atoms with Crippen molar-refractivity contribution in [2.24, 2.45) is 16.5 Å². The van der Waals surface area contributed by atoms with Crippen molar-refractivity contribution in [2.45, 2.75) is 26.8 Å². The summed E-state index contributed by atoms with van der Waals surface area (Å²) in [6, 6.07) is 0.375. The van der Waals surface area contributed by atoms with Gasteiger partial charge in [-0.05, 0) is 26.3 Å². The van der Waals surface area contributed by atoms with E-state index in [-0.39, 0.29) is 0 Å². The van der Waals surface area contributed by atoms with E-state index in [4.69, 9.17) is 11.5 Å². The second kappa shape index (κ2) is 7.06. The fraction of sp³-hybridized carbons (Fsp3) is 0.545. The van der Waals surface area contributed by atoms with Crippen LogP contribution in [0.15, 0.2) is 28.0 Å². The number of nitrogens with two attached hydrogens (primary N) is 2. The van der Waals surface area contributed by atoms with E-state index in [2.05, 4.69) is 24.2 Å². The van der Waals surface area contributed by atoms with E-state index in [1.807, 2.05) is 13.1 Å². The molecule has 0 spiro atoms. The first-order valence-electron chi connectivity index (χ1n) is 5.07. The molecule has 0 amide bonds. The maximum absolute atomic E-state index is 5.94. The van der Waals surface area contributed by atoms with E-state index in [0.717, 1.165) is 11.1 Å². The Morgan fingerprint density at radius 1 is 1.47 bits per heavy atom. The summed E-state index contributed by atoms with van der Waals surface area (Å²) in [6.45, 7) is 6.46. The zero-order valence-electron chi connectivity index (χ0n) is 10.0. The minimum atomic E-state index is 0.375. The molecule has 0 aliphatic rings. The zero-order chi connectivity index (χ0) is 11.8. The highest BCUT2D eigenvalue weighted by Gasteiger charge is 2.02. The van der Waals surface area contributed by atoms with Crippen LogP contribution in [0.1, 0.15) is 20.8 Å². The zero-order valence-corrected chi connectivity index (χ0v) is 10.0. The highest BCUT2D eigenvalue weighted by molar-refractivity contribution is 5.79. The topological polar surface area (TPSA) is 76.4 Å². The van der Waals surface area contributed by atoms with Gasteiger partial charge in [0.1, 0.15) is 0 Å². The van der Waals surface area contributed by atoms with Crippen LogP contribution in [0, 0.1) is 0 Å². The Hall–Kier alpha value is -1.29. The van der Waals surface area contributed by atoms with Gasteiger partial charge >= 0.3 is 0 Å². The van der Waals surface area contributed by atoms with Gasteiger partial charge in [0.2, 0.25) is 0 Å². The molecule has 86 valence electrons. The van der Waals surface area contributed by atoms with E-state index in [9.17, 15) is 0 Å². The van der Waals surface area contributed by atoms with Gasteiger partial charge in [0.25, 0.3) is 0 Å². The molecular weight excluding hydrogens is 188 g/mol. The lowest BCUT2D eigenvalue weighted by Crippen LogP contribution is -2.21. The highest BCUT2D eigenvalue weighted by Crippen LogP contribution is 2.06. The minimum Gasteiger partial charge on any atom is -0.398 e. The highest BCUT2D eigenvalue weighted by atomic mass is 14.9. The molecule has 5 N–H and O–H groups in total. The number of allylic oxidation sites excluding steroid dienone is 1. The Bertz CT molecular complexity index is 274. The van der Waals surface area contributed by atoms with Crippen LogP contribution in [0.5, 0.6) is 0 Å². The molecule has 0 heterocycles. The normalized spacial score (nSPS) is 14.7. The van der Waals surface area contributed by atoms with Gasteiger partial charge in [-0.3, -0.25) is 4.99 Å². The number of hydrogen-bond donors (Lipinski definition) is 3. The first-order chi connectivity index (χ1) is 7.02. The summed E-state index contributed by atoms with van der Waals surface area (Å²) in [4.78, 5) is 3.92. The Morgan fingerprint density at radius 2 is 2.07 bits per heavy atom. The monoisotopic (exact) mass is 210 g/mol. The first kappa shape index (κ1) is 13.7. The summed E-state index contributed by atoms with van der Waals surface area (Å²) in [5.74, 6) is 0. The van der Waals surface area contributed by atoms with E-state index >= 15 is 0 Å². The molecule has 0 atom stereocenters. The molecule has 4 heteroatoms. The van der Waals surface area contributed by atoms with Crippen LogP contribution < -0.4 is 16.8 Å². The van der Waals surface area contributed by atoms with Crippen molar-refractivity contribution < 1.29 is 0 Å².